The van der Waals surface area contributed by atoms with Crippen LogP contribution in [0.5, 0.6) is 11.5 Å². The number of hydrogen-bond donors (Lipinski definition) is 1. The van der Waals surface area contributed by atoms with Crippen molar-refractivity contribution in [3.8, 4) is 17.6 Å². The van der Waals surface area contributed by atoms with Crippen LogP contribution in [0.15, 0.2) is 66.2 Å². The van der Waals surface area contributed by atoms with E-state index in [-0.39, 0.29) is 17.9 Å². The van der Waals surface area contributed by atoms with Gasteiger partial charge in [0, 0.05) is 17.8 Å². The molecule has 3 aromatic rings. The van der Waals surface area contributed by atoms with Crippen LogP contribution in [0.3, 0.4) is 0 Å². The number of nitriles is 1. The van der Waals surface area contributed by atoms with Crippen molar-refractivity contribution in [1.29, 1.82) is 5.26 Å². The molecule has 0 aliphatic rings. The normalized spacial score (nSPS) is 10.9. The zero-order valence-corrected chi connectivity index (χ0v) is 19.7. The van der Waals surface area contributed by atoms with Crippen LogP contribution in [0.2, 0.25) is 0 Å². The first-order valence-corrected chi connectivity index (χ1v) is 10.9. The fraction of sp³-hybridized carbons (Fsp3) is 0.185. The number of nitro groups is 1. The maximum absolute atomic E-state index is 12.7. The van der Waals surface area contributed by atoms with E-state index in [9.17, 15) is 20.2 Å². The van der Waals surface area contributed by atoms with E-state index < -0.39 is 10.8 Å². The molecule has 0 unspecified atom stereocenters. The van der Waals surface area contributed by atoms with Crippen molar-refractivity contribution in [2.45, 2.75) is 27.4 Å². The van der Waals surface area contributed by atoms with Gasteiger partial charge in [0.15, 0.2) is 11.5 Å². The van der Waals surface area contributed by atoms with E-state index in [0.717, 1.165) is 16.7 Å². The molecule has 0 aliphatic carbocycles. The first-order chi connectivity index (χ1) is 16.8. The standard InChI is InChI=1S/C27H25N3O5/c1-4-34-26-15-21(10-13-25(26)35-17-20-8-11-23(12-9-20)30(32)33)14-22(16-28)27(31)29-24-7-5-6-18(2)19(24)3/h5-15H,4,17H2,1-3H3,(H,29,31)/b22-14-. The molecular weight excluding hydrogens is 446 g/mol. The van der Waals surface area contributed by atoms with Crippen molar-refractivity contribution < 1.29 is 19.2 Å². The van der Waals surface area contributed by atoms with Crippen molar-refractivity contribution in [3.05, 3.63) is 98.6 Å². The second kappa shape index (κ2) is 11.5. The molecule has 178 valence electrons. The number of aryl methyl sites for hydroxylation is 1. The summed E-state index contributed by atoms with van der Waals surface area (Å²) in [4.78, 5) is 23.1. The molecule has 0 spiro atoms. The number of rotatable bonds is 9. The minimum Gasteiger partial charge on any atom is -0.490 e. The van der Waals surface area contributed by atoms with Gasteiger partial charge in [-0.3, -0.25) is 14.9 Å². The van der Waals surface area contributed by atoms with Gasteiger partial charge in [-0.2, -0.15) is 5.26 Å². The molecule has 0 saturated heterocycles. The third kappa shape index (κ3) is 6.45. The number of nitrogens with one attached hydrogen (secondary N) is 1. The lowest BCUT2D eigenvalue weighted by atomic mass is 10.1. The minimum atomic E-state index is -0.502. The van der Waals surface area contributed by atoms with Crippen LogP contribution in [-0.2, 0) is 11.4 Å². The largest absolute Gasteiger partial charge is 0.490 e. The number of ether oxygens (including phenoxy) is 2. The first kappa shape index (κ1) is 25.0. The smallest absolute Gasteiger partial charge is 0.269 e. The molecule has 8 nitrogen and oxygen atoms in total. The monoisotopic (exact) mass is 471 g/mol. The molecule has 0 saturated carbocycles. The summed E-state index contributed by atoms with van der Waals surface area (Å²) < 4.78 is 11.5. The highest BCUT2D eigenvalue weighted by Crippen LogP contribution is 2.30. The zero-order chi connectivity index (χ0) is 25.4. The van der Waals surface area contributed by atoms with Gasteiger partial charge in [-0.05, 0) is 79.4 Å². The number of benzene rings is 3. The van der Waals surface area contributed by atoms with Crippen molar-refractivity contribution >= 4 is 23.4 Å². The summed E-state index contributed by atoms with van der Waals surface area (Å²) in [5.41, 5.74) is 3.95. The second-order valence-electron chi connectivity index (χ2n) is 7.72. The predicted molar refractivity (Wildman–Crippen MR) is 133 cm³/mol. The average Bonchev–Trinajstić information content (AvgIpc) is 2.85. The lowest BCUT2D eigenvalue weighted by Gasteiger charge is -2.13. The van der Waals surface area contributed by atoms with Crippen molar-refractivity contribution in [3.63, 3.8) is 0 Å². The Hall–Kier alpha value is -4.64. The lowest BCUT2D eigenvalue weighted by Crippen LogP contribution is -2.14. The molecular formula is C27H25N3O5. The van der Waals surface area contributed by atoms with Gasteiger partial charge in [0.2, 0.25) is 0 Å². The maximum atomic E-state index is 12.7. The summed E-state index contributed by atoms with van der Waals surface area (Å²) in [5.74, 6) is 0.425. The van der Waals surface area contributed by atoms with E-state index in [0.29, 0.717) is 29.4 Å². The number of anilines is 1. The SMILES string of the molecule is CCOc1cc(/C=C(/C#N)C(=O)Nc2cccc(C)c2C)ccc1OCc1ccc([N+](=O)[O-])cc1. The number of carbonyl (C=O) groups excluding carboxylic acids is 1. The van der Waals surface area contributed by atoms with E-state index in [1.807, 2.05) is 39.0 Å². The Kier molecular flexibility index (Phi) is 8.20. The molecule has 1 amide bonds. The van der Waals surface area contributed by atoms with Crippen LogP contribution in [0.4, 0.5) is 11.4 Å². The molecule has 3 aromatic carbocycles. The Morgan fingerprint density at radius 2 is 1.83 bits per heavy atom. The van der Waals surface area contributed by atoms with Crippen molar-refractivity contribution in [2.24, 2.45) is 0 Å². The van der Waals surface area contributed by atoms with Crippen LogP contribution < -0.4 is 14.8 Å². The minimum absolute atomic E-state index is 0.00906. The van der Waals surface area contributed by atoms with E-state index in [4.69, 9.17) is 9.47 Å². The van der Waals surface area contributed by atoms with E-state index in [1.54, 1.807) is 36.4 Å². The lowest BCUT2D eigenvalue weighted by molar-refractivity contribution is -0.384. The Bertz CT molecular complexity index is 1310. The highest BCUT2D eigenvalue weighted by molar-refractivity contribution is 6.10. The molecule has 0 fully saturated rings. The third-order valence-electron chi connectivity index (χ3n) is 5.34. The summed E-state index contributed by atoms with van der Waals surface area (Å²) in [7, 11) is 0. The highest BCUT2D eigenvalue weighted by atomic mass is 16.6. The summed E-state index contributed by atoms with van der Waals surface area (Å²) in [6.07, 6.45) is 1.49. The number of hydrogen-bond acceptors (Lipinski definition) is 6. The Balaban J connectivity index is 1.78. The Morgan fingerprint density at radius 1 is 1.09 bits per heavy atom. The second-order valence-corrected chi connectivity index (χ2v) is 7.72. The van der Waals surface area contributed by atoms with Crippen molar-refractivity contribution in [2.75, 3.05) is 11.9 Å². The van der Waals surface area contributed by atoms with Gasteiger partial charge in [0.1, 0.15) is 18.2 Å². The van der Waals surface area contributed by atoms with Gasteiger partial charge in [-0.15, -0.1) is 0 Å². The van der Waals surface area contributed by atoms with Crippen LogP contribution in [0, 0.1) is 35.3 Å². The van der Waals surface area contributed by atoms with Gasteiger partial charge in [0.25, 0.3) is 11.6 Å². The fourth-order valence-electron chi connectivity index (χ4n) is 3.27. The summed E-state index contributed by atoms with van der Waals surface area (Å²) in [5, 5.41) is 23.2. The summed E-state index contributed by atoms with van der Waals surface area (Å²) in [6, 6.07) is 18.7. The van der Waals surface area contributed by atoms with Crippen LogP contribution in [0.1, 0.15) is 29.2 Å². The molecule has 0 atom stereocenters. The molecule has 0 radical (unpaired) electrons. The predicted octanol–water partition coefficient (Wildman–Crippen LogP) is 5.74. The van der Waals surface area contributed by atoms with Gasteiger partial charge in [-0.25, -0.2) is 0 Å². The summed E-state index contributed by atoms with van der Waals surface area (Å²) >= 11 is 0. The van der Waals surface area contributed by atoms with Crippen LogP contribution in [0.25, 0.3) is 6.08 Å². The topological polar surface area (TPSA) is 114 Å². The fourth-order valence-corrected chi connectivity index (χ4v) is 3.27. The number of nitrogens with zero attached hydrogens (tertiary/aromatic N) is 2. The number of amides is 1. The molecule has 0 bridgehead atoms. The maximum Gasteiger partial charge on any atom is 0.269 e. The Morgan fingerprint density at radius 3 is 2.49 bits per heavy atom. The Labute approximate surface area is 203 Å². The zero-order valence-electron chi connectivity index (χ0n) is 19.7. The molecule has 0 heterocycles. The average molecular weight is 472 g/mol. The molecule has 35 heavy (non-hydrogen) atoms. The third-order valence-corrected chi connectivity index (χ3v) is 5.34. The van der Waals surface area contributed by atoms with Crippen LogP contribution in [-0.4, -0.2) is 17.4 Å². The molecule has 8 heteroatoms. The molecule has 1 N–H and O–H groups in total. The molecule has 0 aliphatic heterocycles. The first-order valence-electron chi connectivity index (χ1n) is 10.9. The number of carbonyl (C=O) groups is 1. The van der Waals surface area contributed by atoms with Crippen molar-refractivity contribution in [1.82, 2.24) is 0 Å². The van der Waals surface area contributed by atoms with Gasteiger partial charge >= 0.3 is 0 Å². The van der Waals surface area contributed by atoms with Gasteiger partial charge in [-0.1, -0.05) is 18.2 Å². The summed E-state index contributed by atoms with van der Waals surface area (Å²) in [6.45, 7) is 6.27. The van der Waals surface area contributed by atoms with E-state index >= 15 is 0 Å². The number of nitro benzene ring substituents is 1. The quantitative estimate of drug-likeness (QED) is 0.184. The van der Waals surface area contributed by atoms with Gasteiger partial charge < -0.3 is 14.8 Å². The van der Waals surface area contributed by atoms with Crippen LogP contribution >= 0.6 is 0 Å². The number of non-ortho nitro benzene ring substituents is 1. The highest BCUT2D eigenvalue weighted by Gasteiger charge is 2.13. The molecule has 0 aromatic heterocycles. The van der Waals surface area contributed by atoms with E-state index in [2.05, 4.69) is 5.32 Å². The van der Waals surface area contributed by atoms with E-state index in [1.165, 1.54) is 18.2 Å². The molecule has 3 rings (SSSR count). The van der Waals surface area contributed by atoms with Gasteiger partial charge in [0.05, 0.1) is 11.5 Å².